The molecule has 4 saturated carbocycles. The molecule has 6 nitrogen and oxygen atoms in total. The van der Waals surface area contributed by atoms with Crippen LogP contribution in [-0.2, 0) is 24.1 Å². The van der Waals surface area contributed by atoms with Crippen LogP contribution in [0.25, 0.3) is 17.2 Å². The summed E-state index contributed by atoms with van der Waals surface area (Å²) in [6.07, 6.45) is 39.8. The summed E-state index contributed by atoms with van der Waals surface area (Å²) in [6, 6.07) is 27.7. The average Bonchev–Trinajstić information content (AvgIpc) is 1.08. The van der Waals surface area contributed by atoms with Crippen LogP contribution in [0.15, 0.2) is 138 Å². The number of hydrogen-bond acceptors (Lipinski definition) is 5. The van der Waals surface area contributed by atoms with Gasteiger partial charge in [0.15, 0.2) is 0 Å². The molecule has 3 aromatic rings. The van der Waals surface area contributed by atoms with Gasteiger partial charge in [-0.25, -0.2) is 0 Å². The van der Waals surface area contributed by atoms with Crippen molar-refractivity contribution in [1.29, 1.82) is 0 Å². The van der Waals surface area contributed by atoms with Gasteiger partial charge < -0.3 is 26.0 Å². The molecule has 13 atom stereocenters. The molecule has 6 heterocycles. The number of benzene rings is 3. The minimum absolute atomic E-state index is 0.114. The zero-order valence-corrected chi connectivity index (χ0v) is 51.2. The summed E-state index contributed by atoms with van der Waals surface area (Å²) in [4.78, 5) is 14.4. The molecular weight excluding hydrogens is 1030 g/mol. The molecule has 3 aromatic carbocycles. The van der Waals surface area contributed by atoms with Gasteiger partial charge in [-0.3, -0.25) is 4.79 Å². The highest BCUT2D eigenvalue weighted by Gasteiger charge is 2.76. The van der Waals surface area contributed by atoms with Gasteiger partial charge in [0.1, 0.15) is 0 Å². The Morgan fingerprint density at radius 2 is 1.61 bits per heavy atom. The van der Waals surface area contributed by atoms with E-state index < -0.39 is 29.5 Å². The number of fused-ring (bicyclic) bond motifs is 1. The molecule has 14 bridgehead atoms. The lowest BCUT2D eigenvalue weighted by Gasteiger charge is -2.73. The number of nitrogens with one attached hydrogen (secondary N) is 2. The van der Waals surface area contributed by atoms with E-state index in [-0.39, 0.29) is 39.4 Å². The van der Waals surface area contributed by atoms with Crippen molar-refractivity contribution >= 4 is 23.2 Å². The number of aliphatic hydroxyl groups is 2. The quantitative estimate of drug-likeness (QED) is 0.137. The Balaban J connectivity index is 0.957. The lowest BCUT2D eigenvalue weighted by Crippen LogP contribution is -2.68. The highest BCUT2D eigenvalue weighted by Crippen LogP contribution is 2.82. The van der Waals surface area contributed by atoms with Crippen molar-refractivity contribution < 1.29 is 20.1 Å². The van der Waals surface area contributed by atoms with Crippen LogP contribution in [0.4, 0.5) is 0 Å². The van der Waals surface area contributed by atoms with E-state index in [0.29, 0.717) is 42.9 Å². The summed E-state index contributed by atoms with van der Waals surface area (Å²) in [5.41, 5.74) is 12.7. The van der Waals surface area contributed by atoms with Gasteiger partial charge in [0.05, 0.1) is 23.9 Å². The lowest BCUT2D eigenvalue weighted by molar-refractivity contribution is -0.163. The number of carboxylic acids is 1. The Morgan fingerprint density at radius 3 is 2.40 bits per heavy atom. The standard InChI is InChI=1S/C78H98N2O4/c1-50(28-31-52-17-7-5-8-18-52)29-32-55-22-14-26-60-62(55)45-66-64-46-76-39-16-38-74(3)69(82)37-41-77(66,73(74)76)65-36-40-75(4)71(68(81)48-78(75,67(65)47-76)58-24-11-12-25-58)61(72(83)84)34-30-51(2)59(54-20-9-6-10-21-54)27-15-42-79-70-35-33-57(49-80-70)56-23-13-19-53(43-56)44-63(60)64/h5,7-8,13-14,16-19,22-23,26,33,35,39,43,45-46,50,54,58-59,61,66,68-69,71,73,79-82H,2,6,9-12,15,20-21,24-25,27-32,34,36-38,40-42,44,47-49H2,1,3-4H3,(H,83,84)/t50-,59+,61+,66+,68+,69-,71-,73+,74+,75+,76+,77+,78+/m0/s1. The Kier molecular flexibility index (Phi) is 15.0. The molecule has 0 aromatic heterocycles. The summed E-state index contributed by atoms with van der Waals surface area (Å²) < 4.78 is 0. The summed E-state index contributed by atoms with van der Waals surface area (Å²) >= 11 is 0. The summed E-state index contributed by atoms with van der Waals surface area (Å²) in [5, 5.41) is 48.2. The second-order valence-electron chi connectivity index (χ2n) is 30.0. The Bertz CT molecular complexity index is 3350. The molecule has 84 heavy (non-hydrogen) atoms. The van der Waals surface area contributed by atoms with E-state index in [2.05, 4.69) is 141 Å². The third-order valence-electron chi connectivity index (χ3n) is 26.0. The number of rotatable bonds is 9. The van der Waals surface area contributed by atoms with Crippen molar-refractivity contribution in [3.05, 3.63) is 171 Å². The predicted octanol–water partition coefficient (Wildman–Crippen LogP) is 14.8. The molecule has 9 aliphatic carbocycles. The largest absolute Gasteiger partial charge is 0.481 e. The molecule has 0 unspecified atom stereocenters. The topological polar surface area (TPSA) is 102 Å². The Hall–Kier alpha value is -5.17. The molecule has 444 valence electrons. The van der Waals surface area contributed by atoms with Crippen LogP contribution in [0.2, 0.25) is 0 Å². The first-order valence-corrected chi connectivity index (χ1v) is 34.0. The first-order valence-electron chi connectivity index (χ1n) is 34.0. The number of carbonyl (C=O) groups is 1. The fourth-order valence-corrected chi connectivity index (χ4v) is 22.3. The highest BCUT2D eigenvalue weighted by molar-refractivity contribution is 5.78. The monoisotopic (exact) mass is 1130 g/mol. The van der Waals surface area contributed by atoms with Crippen LogP contribution in [-0.4, -0.2) is 46.6 Å². The maximum absolute atomic E-state index is 14.4. The van der Waals surface area contributed by atoms with Crippen molar-refractivity contribution in [2.45, 2.75) is 193 Å². The van der Waals surface area contributed by atoms with E-state index in [4.69, 9.17) is 6.58 Å². The van der Waals surface area contributed by atoms with Crippen molar-refractivity contribution in [2.75, 3.05) is 13.1 Å². The van der Waals surface area contributed by atoms with Gasteiger partial charge in [-0.15, -0.1) is 0 Å². The van der Waals surface area contributed by atoms with E-state index >= 15 is 0 Å². The molecule has 6 heteroatoms. The molecular formula is C78H98N2O4. The molecule has 6 aliphatic heterocycles. The molecule has 0 amide bonds. The number of aliphatic hydroxyl groups excluding tert-OH is 2. The fourth-order valence-electron chi connectivity index (χ4n) is 22.3. The number of aryl methyl sites for hydroxylation is 2. The van der Waals surface area contributed by atoms with Gasteiger partial charge in [0, 0.05) is 46.6 Å². The van der Waals surface area contributed by atoms with E-state index in [9.17, 15) is 20.1 Å². The van der Waals surface area contributed by atoms with E-state index in [1.807, 2.05) is 0 Å². The Labute approximate surface area is 503 Å². The van der Waals surface area contributed by atoms with E-state index in [1.165, 1.54) is 106 Å². The summed E-state index contributed by atoms with van der Waals surface area (Å²) in [7, 11) is 0. The maximum atomic E-state index is 14.4. The first-order chi connectivity index (χ1) is 40.8. The Morgan fingerprint density at radius 1 is 0.810 bits per heavy atom. The number of hydrogen-bond donors (Lipinski definition) is 5. The average molecular weight is 1130 g/mol. The van der Waals surface area contributed by atoms with Crippen LogP contribution in [0.3, 0.4) is 0 Å². The lowest BCUT2D eigenvalue weighted by atomic mass is 9.30. The van der Waals surface area contributed by atoms with Crippen LogP contribution in [0.5, 0.6) is 0 Å². The number of aliphatic carboxylic acids is 1. The van der Waals surface area contributed by atoms with Gasteiger partial charge in [0.2, 0.25) is 0 Å². The zero-order chi connectivity index (χ0) is 57.6. The van der Waals surface area contributed by atoms with Crippen LogP contribution >= 0.6 is 0 Å². The van der Waals surface area contributed by atoms with Crippen molar-refractivity contribution in [3.8, 4) is 0 Å². The van der Waals surface area contributed by atoms with Crippen LogP contribution < -0.4 is 21.1 Å². The van der Waals surface area contributed by atoms with E-state index in [1.54, 1.807) is 11.1 Å². The van der Waals surface area contributed by atoms with Gasteiger partial charge in [-0.1, -0.05) is 179 Å². The van der Waals surface area contributed by atoms with Crippen molar-refractivity contribution in [3.63, 3.8) is 0 Å². The smallest absolute Gasteiger partial charge is 0.306 e. The molecule has 5 N–H and O–H groups in total. The second kappa shape index (κ2) is 22.2. The maximum Gasteiger partial charge on any atom is 0.306 e. The molecule has 2 spiro atoms. The highest BCUT2D eigenvalue weighted by atomic mass is 16.4. The van der Waals surface area contributed by atoms with Crippen molar-refractivity contribution in [2.24, 2.45) is 74.4 Å². The second-order valence-corrected chi connectivity index (χ2v) is 30.0. The molecule has 18 rings (SSSR count). The SMILES string of the molecule is C=C1CC[C@@H](C(=O)O)[C@H]2[C@H](O)C[C@@]3(C4CCCC4)C4=C(CC[C@]23C)[C@]23CC[C@H](O)[C@@]5(C)CC=C[C@@](C=C6C(=c7cccc(CC[C@@H](C)CCc8ccccc8)c7=C[C@H]62)Cc2cccc(c2)C2=CC=C(NCCC[C@H]1C1CCCCC1)NC2)(C4)[C@@H]53. The normalized spacial score (nSPS) is 36.9. The number of allylic oxidation sites excluding steroid dienone is 9. The molecule has 0 saturated heterocycles. The van der Waals surface area contributed by atoms with Crippen LogP contribution in [0, 0.1) is 74.4 Å². The predicted molar refractivity (Wildman–Crippen MR) is 341 cm³/mol. The third-order valence-corrected chi connectivity index (χ3v) is 26.0. The first kappa shape index (κ1) is 56.6. The third kappa shape index (κ3) is 9.14. The van der Waals surface area contributed by atoms with E-state index in [0.717, 1.165) is 109 Å². The number of dihydropyridines is 1. The minimum atomic E-state index is -0.727. The van der Waals surface area contributed by atoms with Gasteiger partial charge in [-0.05, 0) is 219 Å². The fraction of sp³-hybridized carbons (Fsp3) is 0.577. The van der Waals surface area contributed by atoms with Gasteiger partial charge in [0.25, 0.3) is 0 Å². The minimum Gasteiger partial charge on any atom is -0.481 e. The summed E-state index contributed by atoms with van der Waals surface area (Å²) in [5.74, 6) is 1.61. The number of carboxylic acid groups (broad SMARTS) is 1. The van der Waals surface area contributed by atoms with Gasteiger partial charge in [-0.2, -0.15) is 0 Å². The molecule has 0 radical (unpaired) electrons. The van der Waals surface area contributed by atoms with Crippen LogP contribution in [0.1, 0.15) is 184 Å². The van der Waals surface area contributed by atoms with Crippen molar-refractivity contribution in [1.82, 2.24) is 10.6 Å². The zero-order valence-electron chi connectivity index (χ0n) is 51.2. The molecule has 15 aliphatic rings. The molecule has 4 fully saturated rings. The van der Waals surface area contributed by atoms with Gasteiger partial charge >= 0.3 is 5.97 Å². The summed E-state index contributed by atoms with van der Waals surface area (Å²) in [6.45, 7) is 14.0.